The third-order valence-electron chi connectivity index (χ3n) is 2.95. The lowest BCUT2D eigenvalue weighted by molar-refractivity contribution is 0.0701. The van der Waals surface area contributed by atoms with Gasteiger partial charge in [-0.25, -0.2) is 9.78 Å². The van der Waals surface area contributed by atoms with Gasteiger partial charge in [-0.15, -0.1) is 11.3 Å². The fourth-order valence-electron chi connectivity index (χ4n) is 1.97. The highest BCUT2D eigenvalue weighted by atomic mass is 32.1. The van der Waals surface area contributed by atoms with Crippen LogP contribution < -0.4 is 5.56 Å². The largest absolute Gasteiger partial charge is 0.477 e. The first-order chi connectivity index (χ1) is 8.97. The summed E-state index contributed by atoms with van der Waals surface area (Å²) >= 11 is 1.04. The van der Waals surface area contributed by atoms with E-state index in [1.807, 2.05) is 0 Å². The minimum absolute atomic E-state index is 0.170. The summed E-state index contributed by atoms with van der Waals surface area (Å²) in [6, 6.07) is 0. The summed E-state index contributed by atoms with van der Waals surface area (Å²) < 4.78 is 6.47. The number of nitrogens with zero attached hydrogens (tertiary/aromatic N) is 2. The minimum Gasteiger partial charge on any atom is -0.477 e. The van der Waals surface area contributed by atoms with Gasteiger partial charge in [-0.2, -0.15) is 0 Å². The summed E-state index contributed by atoms with van der Waals surface area (Å²) in [6.45, 7) is 4.18. The van der Waals surface area contributed by atoms with Gasteiger partial charge >= 0.3 is 5.97 Å². The molecule has 2 heterocycles. The second-order valence-electron chi connectivity index (χ2n) is 4.15. The second-order valence-corrected chi connectivity index (χ2v) is 5.15. The van der Waals surface area contributed by atoms with Crippen molar-refractivity contribution in [3.8, 4) is 0 Å². The lowest BCUT2D eigenvalue weighted by Crippen LogP contribution is -2.25. The predicted molar refractivity (Wildman–Crippen MR) is 72.2 cm³/mol. The number of methoxy groups -OCH3 is 1. The number of aryl methyl sites for hydroxylation is 2. The predicted octanol–water partition coefficient (Wildman–Crippen LogP) is 1.42. The van der Waals surface area contributed by atoms with Crippen molar-refractivity contribution in [2.75, 3.05) is 13.7 Å². The maximum Gasteiger partial charge on any atom is 0.346 e. The molecule has 19 heavy (non-hydrogen) atoms. The molecule has 0 amide bonds. The van der Waals surface area contributed by atoms with E-state index in [1.54, 1.807) is 21.0 Å². The summed E-state index contributed by atoms with van der Waals surface area (Å²) in [5.74, 6) is -0.464. The molecule has 102 valence electrons. The van der Waals surface area contributed by atoms with Gasteiger partial charge < -0.3 is 9.84 Å². The summed E-state index contributed by atoms with van der Waals surface area (Å²) in [4.78, 5) is 28.5. The van der Waals surface area contributed by atoms with Crippen LogP contribution in [0, 0.1) is 13.8 Å². The van der Waals surface area contributed by atoms with Crippen LogP contribution in [0.1, 0.15) is 21.1 Å². The fourth-order valence-corrected chi connectivity index (χ4v) is 3.02. The molecule has 0 saturated carbocycles. The Bertz CT molecular complexity index is 702. The summed E-state index contributed by atoms with van der Waals surface area (Å²) in [7, 11) is 1.56. The van der Waals surface area contributed by atoms with E-state index in [9.17, 15) is 9.59 Å². The van der Waals surface area contributed by atoms with Crippen LogP contribution in [0.5, 0.6) is 0 Å². The van der Waals surface area contributed by atoms with E-state index in [2.05, 4.69) is 4.98 Å². The molecule has 0 aliphatic rings. The highest BCUT2D eigenvalue weighted by Crippen LogP contribution is 2.27. The number of hydrogen-bond donors (Lipinski definition) is 1. The van der Waals surface area contributed by atoms with E-state index in [1.165, 1.54) is 4.57 Å². The Morgan fingerprint density at radius 2 is 2.16 bits per heavy atom. The molecule has 2 rings (SSSR count). The van der Waals surface area contributed by atoms with Crippen LogP contribution in [0.2, 0.25) is 0 Å². The fraction of sp³-hybridized carbons (Fsp3) is 0.417. The highest BCUT2D eigenvalue weighted by molar-refractivity contribution is 7.20. The van der Waals surface area contributed by atoms with E-state index in [0.29, 0.717) is 34.8 Å². The van der Waals surface area contributed by atoms with E-state index in [4.69, 9.17) is 9.84 Å². The molecular formula is C12H14N2O4S. The quantitative estimate of drug-likeness (QED) is 0.917. The maximum absolute atomic E-state index is 12.4. The van der Waals surface area contributed by atoms with Gasteiger partial charge in [-0.05, 0) is 19.4 Å². The molecule has 0 aromatic carbocycles. The van der Waals surface area contributed by atoms with Crippen molar-refractivity contribution in [2.24, 2.45) is 0 Å². The number of carboxylic acid groups (broad SMARTS) is 1. The molecule has 0 aliphatic carbocycles. The van der Waals surface area contributed by atoms with Crippen LogP contribution in [0.3, 0.4) is 0 Å². The first-order valence-electron chi connectivity index (χ1n) is 5.70. The Balaban J connectivity index is 2.72. The van der Waals surface area contributed by atoms with Crippen LogP contribution in [0.25, 0.3) is 10.2 Å². The molecular weight excluding hydrogens is 268 g/mol. The summed E-state index contributed by atoms with van der Waals surface area (Å²) in [5.41, 5.74) is 0.275. The number of aromatic carboxylic acids is 1. The zero-order valence-electron chi connectivity index (χ0n) is 10.9. The average molecular weight is 282 g/mol. The van der Waals surface area contributed by atoms with Gasteiger partial charge in [0.2, 0.25) is 0 Å². The number of hydrogen-bond acceptors (Lipinski definition) is 5. The van der Waals surface area contributed by atoms with Crippen molar-refractivity contribution in [2.45, 2.75) is 20.4 Å². The SMILES string of the molecule is COCCn1c(C)nc2sc(C(=O)O)c(C)c2c1=O. The van der Waals surface area contributed by atoms with Crippen LogP contribution >= 0.6 is 11.3 Å². The van der Waals surface area contributed by atoms with Crippen molar-refractivity contribution in [3.05, 3.63) is 26.6 Å². The van der Waals surface area contributed by atoms with Gasteiger partial charge in [-0.3, -0.25) is 9.36 Å². The number of carbonyl (C=O) groups is 1. The van der Waals surface area contributed by atoms with Gasteiger partial charge in [0.05, 0.1) is 18.5 Å². The van der Waals surface area contributed by atoms with Gasteiger partial charge in [0.1, 0.15) is 15.5 Å². The number of ether oxygens (including phenoxy) is 1. The van der Waals surface area contributed by atoms with E-state index in [-0.39, 0.29) is 10.4 Å². The van der Waals surface area contributed by atoms with Crippen LogP contribution in [-0.2, 0) is 11.3 Å². The van der Waals surface area contributed by atoms with E-state index >= 15 is 0 Å². The van der Waals surface area contributed by atoms with Crippen molar-refractivity contribution >= 4 is 27.5 Å². The Morgan fingerprint density at radius 1 is 1.47 bits per heavy atom. The van der Waals surface area contributed by atoms with Crippen LogP contribution in [0.15, 0.2) is 4.79 Å². The topological polar surface area (TPSA) is 81.4 Å². The molecule has 0 spiro atoms. The number of aromatic nitrogens is 2. The molecule has 0 bridgehead atoms. The number of rotatable bonds is 4. The van der Waals surface area contributed by atoms with Crippen molar-refractivity contribution in [3.63, 3.8) is 0 Å². The van der Waals surface area contributed by atoms with Gasteiger partial charge in [0.15, 0.2) is 0 Å². The van der Waals surface area contributed by atoms with Crippen molar-refractivity contribution < 1.29 is 14.6 Å². The third-order valence-corrected chi connectivity index (χ3v) is 4.13. The van der Waals surface area contributed by atoms with Crippen molar-refractivity contribution in [1.82, 2.24) is 9.55 Å². The molecule has 2 aromatic heterocycles. The van der Waals surface area contributed by atoms with Gasteiger partial charge in [0.25, 0.3) is 5.56 Å². The zero-order valence-corrected chi connectivity index (χ0v) is 11.7. The molecule has 7 heteroatoms. The van der Waals surface area contributed by atoms with Gasteiger partial charge in [-0.1, -0.05) is 0 Å². The molecule has 2 aromatic rings. The molecule has 0 atom stereocenters. The standard InChI is InChI=1S/C12H14N2O4S/c1-6-8-10(19-9(6)12(16)17)13-7(2)14(11(8)15)4-5-18-3/h4-5H2,1-3H3,(H,16,17). The number of thiophene rings is 1. The number of carboxylic acids is 1. The average Bonchev–Trinajstić information content (AvgIpc) is 2.66. The lowest BCUT2D eigenvalue weighted by atomic mass is 10.2. The van der Waals surface area contributed by atoms with Crippen molar-refractivity contribution in [1.29, 1.82) is 0 Å². The molecule has 0 fully saturated rings. The van der Waals surface area contributed by atoms with Crippen LogP contribution in [0.4, 0.5) is 0 Å². The molecule has 0 saturated heterocycles. The molecule has 0 aliphatic heterocycles. The van der Waals surface area contributed by atoms with Gasteiger partial charge in [0, 0.05) is 7.11 Å². The normalized spacial score (nSPS) is 11.1. The third kappa shape index (κ3) is 2.26. The Kier molecular flexibility index (Phi) is 3.68. The molecule has 1 N–H and O–H groups in total. The number of fused-ring (bicyclic) bond motifs is 1. The smallest absolute Gasteiger partial charge is 0.346 e. The second kappa shape index (κ2) is 5.10. The first kappa shape index (κ1) is 13.7. The molecule has 0 unspecified atom stereocenters. The maximum atomic E-state index is 12.4. The molecule has 0 radical (unpaired) electrons. The summed E-state index contributed by atoms with van der Waals surface area (Å²) in [5, 5.41) is 9.48. The van der Waals surface area contributed by atoms with E-state index < -0.39 is 5.97 Å². The summed E-state index contributed by atoms with van der Waals surface area (Å²) in [6.07, 6.45) is 0. The lowest BCUT2D eigenvalue weighted by Gasteiger charge is -2.08. The zero-order chi connectivity index (χ0) is 14.2. The Hall–Kier alpha value is -1.73. The van der Waals surface area contributed by atoms with E-state index in [0.717, 1.165) is 11.3 Å². The van der Waals surface area contributed by atoms with Crippen LogP contribution in [-0.4, -0.2) is 34.3 Å². The minimum atomic E-state index is -1.03. The first-order valence-corrected chi connectivity index (χ1v) is 6.51. The monoisotopic (exact) mass is 282 g/mol. The molecule has 6 nitrogen and oxygen atoms in total. The Morgan fingerprint density at radius 3 is 2.74 bits per heavy atom. The Labute approximate surface area is 113 Å². The highest BCUT2D eigenvalue weighted by Gasteiger charge is 2.19.